The number of carbonyl (C=O) groups is 1. The number of aryl methyl sites for hydroxylation is 2. The molecule has 106 valence electrons. The summed E-state index contributed by atoms with van der Waals surface area (Å²) in [5, 5.41) is 17.6. The maximum Gasteiger partial charge on any atom is 0.358 e. The summed E-state index contributed by atoms with van der Waals surface area (Å²) >= 11 is 1.47. The van der Waals surface area contributed by atoms with Crippen molar-refractivity contribution in [1.82, 2.24) is 20.0 Å². The summed E-state index contributed by atoms with van der Waals surface area (Å²) in [6.07, 6.45) is 1.41. The Labute approximate surface area is 119 Å². The molecule has 1 unspecified atom stereocenters. The van der Waals surface area contributed by atoms with Crippen molar-refractivity contribution >= 4 is 17.3 Å². The second kappa shape index (κ2) is 4.95. The van der Waals surface area contributed by atoms with Gasteiger partial charge in [0.05, 0.1) is 5.69 Å². The van der Waals surface area contributed by atoms with E-state index < -0.39 is 5.97 Å². The van der Waals surface area contributed by atoms with Gasteiger partial charge in [-0.05, 0) is 26.7 Å². The summed E-state index contributed by atoms with van der Waals surface area (Å²) in [7, 11) is 0. The van der Waals surface area contributed by atoms with Crippen LogP contribution in [-0.2, 0) is 4.74 Å². The standard InChI is InChI=1S/C12H14N4O3S/c1-6-7(2)20-12(13-6)16-10(8-4-3-5-19-8)9(11(17)18)14-15-16/h8H,3-5H2,1-2H3,(H,17,18). The monoisotopic (exact) mass is 294 g/mol. The Hall–Kier alpha value is -1.80. The van der Waals surface area contributed by atoms with E-state index in [2.05, 4.69) is 15.3 Å². The Morgan fingerprint density at radius 3 is 2.85 bits per heavy atom. The molecule has 1 saturated heterocycles. The number of hydrogen-bond donors (Lipinski definition) is 1. The van der Waals surface area contributed by atoms with Crippen LogP contribution in [0.5, 0.6) is 0 Å². The second-order valence-electron chi connectivity index (χ2n) is 4.68. The Bertz CT molecular complexity index is 638. The third-order valence-corrected chi connectivity index (χ3v) is 4.39. The van der Waals surface area contributed by atoms with Crippen LogP contribution in [-0.4, -0.2) is 37.7 Å². The van der Waals surface area contributed by atoms with Crippen molar-refractivity contribution in [2.75, 3.05) is 6.61 Å². The minimum absolute atomic E-state index is 0.0533. The topological polar surface area (TPSA) is 90.1 Å². The number of ether oxygens (including phenoxy) is 1. The van der Waals surface area contributed by atoms with E-state index in [1.165, 1.54) is 16.0 Å². The van der Waals surface area contributed by atoms with Crippen molar-refractivity contribution in [3.8, 4) is 5.13 Å². The van der Waals surface area contributed by atoms with E-state index >= 15 is 0 Å². The second-order valence-corrected chi connectivity index (χ2v) is 5.86. The predicted molar refractivity (Wildman–Crippen MR) is 71.4 cm³/mol. The Morgan fingerprint density at radius 2 is 2.30 bits per heavy atom. The molecule has 1 aliphatic rings. The molecule has 1 N–H and O–H groups in total. The molecular weight excluding hydrogens is 280 g/mol. The van der Waals surface area contributed by atoms with Gasteiger partial charge in [0.25, 0.3) is 0 Å². The molecule has 8 heteroatoms. The van der Waals surface area contributed by atoms with E-state index in [4.69, 9.17) is 4.74 Å². The summed E-state index contributed by atoms with van der Waals surface area (Å²) < 4.78 is 7.10. The van der Waals surface area contributed by atoms with Gasteiger partial charge in [-0.2, -0.15) is 4.68 Å². The molecule has 0 aromatic carbocycles. The van der Waals surface area contributed by atoms with Crippen LogP contribution in [0.2, 0.25) is 0 Å². The minimum atomic E-state index is -1.09. The van der Waals surface area contributed by atoms with Gasteiger partial charge in [-0.1, -0.05) is 16.6 Å². The molecule has 2 aromatic heterocycles. The first-order chi connectivity index (χ1) is 9.58. The summed E-state index contributed by atoms with van der Waals surface area (Å²) in [4.78, 5) is 16.8. The fourth-order valence-electron chi connectivity index (χ4n) is 2.21. The molecule has 1 aliphatic heterocycles. The largest absolute Gasteiger partial charge is 0.476 e. The van der Waals surface area contributed by atoms with Gasteiger partial charge in [0, 0.05) is 11.5 Å². The molecule has 7 nitrogen and oxygen atoms in total. The van der Waals surface area contributed by atoms with Crippen molar-refractivity contribution < 1.29 is 14.6 Å². The van der Waals surface area contributed by atoms with Crippen molar-refractivity contribution in [2.45, 2.75) is 32.8 Å². The fourth-order valence-corrected chi connectivity index (χ4v) is 3.08. The van der Waals surface area contributed by atoms with Gasteiger partial charge < -0.3 is 9.84 Å². The molecule has 1 atom stereocenters. The molecule has 3 heterocycles. The quantitative estimate of drug-likeness (QED) is 0.929. The average molecular weight is 294 g/mol. The molecule has 0 amide bonds. The Morgan fingerprint density at radius 1 is 1.50 bits per heavy atom. The maximum atomic E-state index is 11.3. The van der Waals surface area contributed by atoms with Gasteiger partial charge in [-0.25, -0.2) is 9.78 Å². The minimum Gasteiger partial charge on any atom is -0.476 e. The first kappa shape index (κ1) is 13.2. The lowest BCUT2D eigenvalue weighted by Crippen LogP contribution is -2.11. The molecule has 1 fully saturated rings. The predicted octanol–water partition coefficient (Wildman–Crippen LogP) is 1.89. The molecule has 0 aliphatic carbocycles. The van der Waals surface area contributed by atoms with Crippen LogP contribution in [0.3, 0.4) is 0 Å². The van der Waals surface area contributed by atoms with Gasteiger partial charge in [0.15, 0.2) is 5.69 Å². The Kier molecular flexibility index (Phi) is 3.27. The number of aromatic nitrogens is 4. The van der Waals surface area contributed by atoms with Crippen molar-refractivity contribution in [3.63, 3.8) is 0 Å². The molecule has 0 saturated carbocycles. The van der Waals surface area contributed by atoms with E-state index in [0.29, 0.717) is 17.4 Å². The molecule has 0 spiro atoms. The average Bonchev–Trinajstić information content (AvgIpc) is 3.09. The van der Waals surface area contributed by atoms with E-state index in [1.807, 2.05) is 13.8 Å². The van der Waals surface area contributed by atoms with E-state index in [-0.39, 0.29) is 11.8 Å². The number of thiazole rings is 1. The van der Waals surface area contributed by atoms with Gasteiger partial charge in [-0.15, -0.1) is 5.10 Å². The number of rotatable bonds is 3. The third-order valence-electron chi connectivity index (χ3n) is 3.34. The van der Waals surface area contributed by atoms with Crippen LogP contribution >= 0.6 is 11.3 Å². The summed E-state index contributed by atoms with van der Waals surface area (Å²) in [6, 6.07) is 0. The van der Waals surface area contributed by atoms with Crippen LogP contribution in [0.25, 0.3) is 5.13 Å². The van der Waals surface area contributed by atoms with Crippen LogP contribution in [0.15, 0.2) is 0 Å². The smallest absolute Gasteiger partial charge is 0.358 e. The SMILES string of the molecule is Cc1nc(-n2nnc(C(=O)O)c2C2CCCO2)sc1C. The van der Waals surface area contributed by atoms with E-state index in [1.54, 1.807) is 0 Å². The number of aromatic carboxylic acids is 1. The maximum absolute atomic E-state index is 11.3. The highest BCUT2D eigenvalue weighted by atomic mass is 32.1. The highest BCUT2D eigenvalue weighted by Crippen LogP contribution is 2.32. The molecule has 0 bridgehead atoms. The van der Waals surface area contributed by atoms with Crippen LogP contribution in [0.4, 0.5) is 0 Å². The lowest BCUT2D eigenvalue weighted by Gasteiger charge is -2.10. The van der Waals surface area contributed by atoms with Crippen molar-refractivity contribution in [2.24, 2.45) is 0 Å². The molecular formula is C12H14N4O3S. The zero-order valence-corrected chi connectivity index (χ0v) is 12.0. The van der Waals surface area contributed by atoms with Gasteiger partial charge >= 0.3 is 5.97 Å². The number of hydrogen-bond acceptors (Lipinski definition) is 6. The zero-order chi connectivity index (χ0) is 14.3. The number of carboxylic acid groups (broad SMARTS) is 1. The molecule has 2 aromatic rings. The lowest BCUT2D eigenvalue weighted by atomic mass is 10.1. The van der Waals surface area contributed by atoms with Gasteiger partial charge in [0.2, 0.25) is 5.13 Å². The van der Waals surface area contributed by atoms with Gasteiger partial charge in [0.1, 0.15) is 11.8 Å². The van der Waals surface area contributed by atoms with Crippen molar-refractivity contribution in [1.29, 1.82) is 0 Å². The normalized spacial score (nSPS) is 18.6. The lowest BCUT2D eigenvalue weighted by molar-refractivity contribution is 0.0673. The third kappa shape index (κ3) is 2.10. The fraction of sp³-hybridized carbons (Fsp3) is 0.500. The van der Waals surface area contributed by atoms with Crippen LogP contribution in [0, 0.1) is 13.8 Å². The zero-order valence-electron chi connectivity index (χ0n) is 11.2. The molecule has 20 heavy (non-hydrogen) atoms. The first-order valence-corrected chi connectivity index (χ1v) is 7.14. The summed E-state index contributed by atoms with van der Waals surface area (Å²) in [5.41, 5.74) is 1.35. The van der Waals surface area contributed by atoms with E-state index in [0.717, 1.165) is 23.4 Å². The summed E-state index contributed by atoms with van der Waals surface area (Å²) in [5.74, 6) is -1.09. The molecule has 0 radical (unpaired) electrons. The van der Waals surface area contributed by atoms with Crippen LogP contribution in [0.1, 0.15) is 45.7 Å². The highest BCUT2D eigenvalue weighted by Gasteiger charge is 2.31. The van der Waals surface area contributed by atoms with E-state index in [9.17, 15) is 9.90 Å². The highest BCUT2D eigenvalue weighted by molar-refractivity contribution is 7.14. The Balaban J connectivity index is 2.12. The van der Waals surface area contributed by atoms with Crippen molar-refractivity contribution in [3.05, 3.63) is 22.0 Å². The van der Waals surface area contributed by atoms with Crippen LogP contribution < -0.4 is 0 Å². The summed E-state index contributed by atoms with van der Waals surface area (Å²) in [6.45, 7) is 4.51. The molecule has 3 rings (SSSR count). The first-order valence-electron chi connectivity index (χ1n) is 6.33. The van der Waals surface area contributed by atoms with Gasteiger partial charge in [-0.3, -0.25) is 0 Å². The number of carboxylic acids is 1. The number of nitrogens with zero attached hydrogens (tertiary/aromatic N) is 4.